The van der Waals surface area contributed by atoms with E-state index in [9.17, 15) is 9.90 Å². The van der Waals surface area contributed by atoms with Crippen molar-refractivity contribution in [1.29, 1.82) is 0 Å². The smallest absolute Gasteiger partial charge is 0.240 e. The lowest BCUT2D eigenvalue weighted by atomic mass is 10.2. The molecule has 0 fully saturated rings. The number of nitrogens with zero attached hydrogens (tertiary/aromatic N) is 3. The summed E-state index contributed by atoms with van der Waals surface area (Å²) in [5.41, 5.74) is 5.08. The van der Waals surface area contributed by atoms with Gasteiger partial charge in [0, 0.05) is 10.0 Å². The van der Waals surface area contributed by atoms with Crippen LogP contribution in [-0.2, 0) is 4.79 Å². The number of amides is 1. The molecule has 0 atom stereocenters. The number of halogens is 1. The van der Waals surface area contributed by atoms with Crippen molar-refractivity contribution in [3.63, 3.8) is 0 Å². The summed E-state index contributed by atoms with van der Waals surface area (Å²) in [6.45, 7) is 1.98. The van der Waals surface area contributed by atoms with Gasteiger partial charge in [-0.05, 0) is 52.7 Å². The second kappa shape index (κ2) is 9.38. The molecule has 1 amide bonds. The van der Waals surface area contributed by atoms with Crippen LogP contribution < -0.4 is 10.7 Å². The Labute approximate surface area is 174 Å². The number of hydrogen-bond donors (Lipinski definition) is 4. The number of nitrogens with one attached hydrogen (secondary N) is 3. The van der Waals surface area contributed by atoms with Crippen molar-refractivity contribution in [2.45, 2.75) is 12.1 Å². The number of hydrogen-bond acceptors (Lipinski definition) is 7. The molecule has 3 aromatic rings. The highest BCUT2D eigenvalue weighted by Gasteiger charge is 2.09. The van der Waals surface area contributed by atoms with Gasteiger partial charge in [0.25, 0.3) is 0 Å². The molecule has 0 spiro atoms. The van der Waals surface area contributed by atoms with Gasteiger partial charge >= 0.3 is 0 Å². The Bertz CT molecular complexity index is 1010. The summed E-state index contributed by atoms with van der Waals surface area (Å²) in [7, 11) is 0. The summed E-state index contributed by atoms with van der Waals surface area (Å²) in [6, 6.07) is 12.5. The van der Waals surface area contributed by atoms with Gasteiger partial charge in [0.05, 0.1) is 17.7 Å². The van der Waals surface area contributed by atoms with E-state index in [1.165, 1.54) is 18.0 Å². The topological polar surface area (TPSA) is 115 Å². The van der Waals surface area contributed by atoms with E-state index < -0.39 is 0 Å². The number of benzene rings is 2. The van der Waals surface area contributed by atoms with Crippen LogP contribution in [0.15, 0.2) is 57.2 Å². The monoisotopic (exact) mass is 460 g/mol. The first-order chi connectivity index (χ1) is 13.5. The van der Waals surface area contributed by atoms with Crippen LogP contribution in [0.5, 0.6) is 5.75 Å². The molecule has 144 valence electrons. The summed E-state index contributed by atoms with van der Waals surface area (Å²) in [6.07, 6.45) is 1.47. The number of aromatic nitrogens is 3. The highest BCUT2D eigenvalue weighted by Crippen LogP contribution is 2.24. The first-order valence-corrected chi connectivity index (χ1v) is 9.97. The van der Waals surface area contributed by atoms with Crippen molar-refractivity contribution >= 4 is 51.4 Å². The summed E-state index contributed by atoms with van der Waals surface area (Å²) < 4.78 is 0.831. The van der Waals surface area contributed by atoms with Crippen molar-refractivity contribution in [3.05, 3.63) is 58.1 Å². The highest BCUT2D eigenvalue weighted by atomic mass is 79.9. The quantitative estimate of drug-likeness (QED) is 0.242. The van der Waals surface area contributed by atoms with Crippen LogP contribution in [0.25, 0.3) is 0 Å². The second-order valence-electron chi connectivity index (χ2n) is 5.72. The number of hydrazone groups is 1. The van der Waals surface area contributed by atoms with Crippen LogP contribution in [0.2, 0.25) is 0 Å². The van der Waals surface area contributed by atoms with E-state index >= 15 is 0 Å². The van der Waals surface area contributed by atoms with Crippen molar-refractivity contribution in [2.24, 2.45) is 5.10 Å². The van der Waals surface area contributed by atoms with Crippen molar-refractivity contribution in [2.75, 3.05) is 16.5 Å². The van der Waals surface area contributed by atoms with Gasteiger partial charge < -0.3 is 10.4 Å². The number of phenols is 1. The third-order valence-electron chi connectivity index (χ3n) is 3.51. The second-order valence-corrected chi connectivity index (χ2v) is 7.51. The number of thioether (sulfide) groups is 1. The van der Waals surface area contributed by atoms with E-state index in [1.54, 1.807) is 24.3 Å². The fraction of sp³-hybridized carbons (Fsp3) is 0.111. The standard InChI is InChI=1S/C18H17BrN6O2S/c1-11-6-7-14(13(19)8-11)21-16(27)10-28-18-22-17(24-25-18)23-20-9-12-4-2-3-5-15(12)26/h2-9,26H,10H2,1H3,(H,21,27)(H2,22,23,24,25)/b20-9-. The Kier molecular flexibility index (Phi) is 6.66. The number of aryl methyl sites for hydroxylation is 1. The lowest BCUT2D eigenvalue weighted by Crippen LogP contribution is -2.14. The van der Waals surface area contributed by atoms with Crippen molar-refractivity contribution in [3.8, 4) is 5.75 Å². The molecular weight excluding hydrogens is 444 g/mol. The molecule has 10 heteroatoms. The lowest BCUT2D eigenvalue weighted by molar-refractivity contribution is -0.113. The lowest BCUT2D eigenvalue weighted by Gasteiger charge is -2.07. The molecule has 0 saturated carbocycles. The fourth-order valence-corrected chi connectivity index (χ4v) is 3.35. The minimum absolute atomic E-state index is 0.132. The number of carbonyl (C=O) groups excluding carboxylic acids is 1. The van der Waals surface area contributed by atoms with Crippen LogP contribution in [-0.4, -0.2) is 38.2 Å². The maximum Gasteiger partial charge on any atom is 0.240 e. The average molecular weight is 461 g/mol. The van der Waals surface area contributed by atoms with Crippen LogP contribution in [0.3, 0.4) is 0 Å². The maximum absolute atomic E-state index is 12.1. The minimum Gasteiger partial charge on any atom is -0.507 e. The molecule has 8 nitrogen and oxygen atoms in total. The Balaban J connectivity index is 1.49. The molecule has 0 saturated heterocycles. The summed E-state index contributed by atoms with van der Waals surface area (Å²) >= 11 is 4.63. The summed E-state index contributed by atoms with van der Waals surface area (Å²) in [4.78, 5) is 16.3. The molecule has 0 aliphatic carbocycles. The number of phenolic OH excluding ortho intramolecular Hbond substituents is 1. The molecule has 0 bridgehead atoms. The predicted octanol–water partition coefficient (Wildman–Crippen LogP) is 3.76. The van der Waals surface area contributed by atoms with E-state index in [0.29, 0.717) is 22.4 Å². The number of aromatic hydroxyl groups is 1. The minimum atomic E-state index is -0.161. The van der Waals surface area contributed by atoms with E-state index in [-0.39, 0.29) is 17.4 Å². The van der Waals surface area contributed by atoms with Crippen LogP contribution in [0, 0.1) is 6.92 Å². The number of H-pyrrole nitrogens is 1. The SMILES string of the molecule is Cc1ccc(NC(=O)CSc2n[nH]c(N/N=C\c3ccccc3O)n2)c(Br)c1. The fourth-order valence-electron chi connectivity index (χ4n) is 2.16. The van der Waals surface area contributed by atoms with Gasteiger partial charge in [0.15, 0.2) is 0 Å². The molecule has 28 heavy (non-hydrogen) atoms. The molecule has 0 unspecified atom stereocenters. The predicted molar refractivity (Wildman–Crippen MR) is 114 cm³/mol. The van der Waals surface area contributed by atoms with Crippen molar-refractivity contribution in [1.82, 2.24) is 15.2 Å². The van der Waals surface area contributed by atoms with Gasteiger partial charge in [-0.2, -0.15) is 10.1 Å². The van der Waals surface area contributed by atoms with E-state index in [0.717, 1.165) is 10.0 Å². The number of anilines is 2. The van der Waals surface area contributed by atoms with Crippen LogP contribution in [0.4, 0.5) is 11.6 Å². The van der Waals surface area contributed by atoms with E-state index in [1.807, 2.05) is 25.1 Å². The van der Waals surface area contributed by atoms with E-state index in [2.05, 4.69) is 47.0 Å². The van der Waals surface area contributed by atoms with Crippen LogP contribution >= 0.6 is 27.7 Å². The Morgan fingerprint density at radius 2 is 2.18 bits per heavy atom. The van der Waals surface area contributed by atoms with Gasteiger partial charge in [-0.25, -0.2) is 10.5 Å². The zero-order valence-corrected chi connectivity index (χ0v) is 17.2. The largest absolute Gasteiger partial charge is 0.507 e. The molecular formula is C18H17BrN6O2S. The number of para-hydroxylation sites is 1. The first-order valence-electron chi connectivity index (χ1n) is 8.19. The van der Waals surface area contributed by atoms with Gasteiger partial charge in [-0.1, -0.05) is 30.0 Å². The third kappa shape index (κ3) is 5.57. The Morgan fingerprint density at radius 3 is 2.96 bits per heavy atom. The molecule has 0 radical (unpaired) electrons. The number of carbonyl (C=O) groups is 1. The first kappa shape index (κ1) is 19.9. The zero-order chi connectivity index (χ0) is 19.9. The summed E-state index contributed by atoms with van der Waals surface area (Å²) in [5, 5.41) is 23.6. The van der Waals surface area contributed by atoms with Crippen LogP contribution in [0.1, 0.15) is 11.1 Å². The molecule has 4 N–H and O–H groups in total. The third-order valence-corrected chi connectivity index (χ3v) is 5.01. The zero-order valence-electron chi connectivity index (χ0n) is 14.8. The number of rotatable bonds is 7. The summed E-state index contributed by atoms with van der Waals surface area (Å²) in [5.74, 6) is 0.467. The maximum atomic E-state index is 12.1. The molecule has 1 heterocycles. The highest BCUT2D eigenvalue weighted by molar-refractivity contribution is 9.10. The molecule has 1 aromatic heterocycles. The number of aromatic amines is 1. The Hall–Kier alpha value is -2.85. The van der Waals surface area contributed by atoms with Gasteiger partial charge in [0.2, 0.25) is 17.0 Å². The molecule has 0 aliphatic heterocycles. The normalized spacial score (nSPS) is 10.9. The molecule has 0 aliphatic rings. The molecule has 2 aromatic carbocycles. The van der Waals surface area contributed by atoms with Gasteiger partial charge in [-0.3, -0.25) is 4.79 Å². The Morgan fingerprint density at radius 1 is 1.36 bits per heavy atom. The average Bonchev–Trinajstić information content (AvgIpc) is 3.12. The van der Waals surface area contributed by atoms with Crippen molar-refractivity contribution < 1.29 is 9.90 Å². The van der Waals surface area contributed by atoms with Gasteiger partial charge in [-0.15, -0.1) is 5.10 Å². The van der Waals surface area contributed by atoms with E-state index in [4.69, 9.17) is 0 Å². The molecule has 3 rings (SSSR count). The van der Waals surface area contributed by atoms with Gasteiger partial charge in [0.1, 0.15) is 5.75 Å².